The van der Waals surface area contributed by atoms with Gasteiger partial charge >= 0.3 is 0 Å². The van der Waals surface area contributed by atoms with Gasteiger partial charge in [-0.2, -0.15) is 0 Å². The molecule has 0 aliphatic carbocycles. The monoisotopic (exact) mass is 449 g/mol. The molecule has 1 aromatic carbocycles. The highest BCUT2D eigenvalue weighted by atomic mass is 16.5. The third-order valence-corrected chi connectivity index (χ3v) is 5.95. The van der Waals surface area contributed by atoms with Crippen LogP contribution in [0.5, 0.6) is 0 Å². The second kappa shape index (κ2) is 10.7. The number of β-amino-alcohol motifs (C(OH)–C–C–N with tert-alkyl or cyclic N) is 1. The van der Waals surface area contributed by atoms with E-state index in [9.17, 15) is 9.90 Å². The molecule has 2 heterocycles. The number of hydrogen-bond donors (Lipinski definition) is 2. The molecule has 6 nitrogen and oxygen atoms in total. The Labute approximate surface area is 197 Å². The number of aliphatic hydroxyl groups excluding tert-OH is 1. The summed E-state index contributed by atoms with van der Waals surface area (Å²) in [6.45, 7) is 14.5. The summed E-state index contributed by atoms with van der Waals surface area (Å²) >= 11 is 0. The summed E-state index contributed by atoms with van der Waals surface area (Å²) in [7, 11) is 0. The largest absolute Gasteiger partial charge is 0.391 e. The van der Waals surface area contributed by atoms with E-state index in [1.54, 1.807) is 4.90 Å². The molecule has 6 heteroatoms. The highest BCUT2D eigenvalue weighted by Crippen LogP contribution is 2.33. The van der Waals surface area contributed by atoms with E-state index >= 15 is 0 Å². The molecule has 1 aliphatic heterocycles. The first kappa shape index (κ1) is 24.6. The Hall–Kier alpha value is -3.04. The fourth-order valence-electron chi connectivity index (χ4n) is 4.15. The zero-order chi connectivity index (χ0) is 24.1. The Morgan fingerprint density at radius 1 is 1.24 bits per heavy atom. The highest BCUT2D eigenvalue weighted by Gasteiger charge is 2.41. The van der Waals surface area contributed by atoms with Gasteiger partial charge in [-0.1, -0.05) is 69.5 Å². The molecule has 0 bridgehead atoms. The molecule has 0 saturated carbocycles. The number of hydrogen-bond acceptors (Lipinski definition) is 5. The van der Waals surface area contributed by atoms with E-state index in [0.29, 0.717) is 17.9 Å². The quantitative estimate of drug-likeness (QED) is 0.624. The lowest BCUT2D eigenvalue weighted by molar-refractivity contribution is -0.135. The third kappa shape index (κ3) is 6.06. The molecular formula is C27H35N3O3. The number of likely N-dealkylation sites (tertiary alicyclic amines) is 1. The number of nitrogens with zero attached hydrogens (tertiary/aromatic N) is 2. The molecular weight excluding hydrogens is 414 g/mol. The summed E-state index contributed by atoms with van der Waals surface area (Å²) in [6, 6.07) is 11.2. The van der Waals surface area contributed by atoms with E-state index in [2.05, 4.69) is 28.9 Å². The number of benzene rings is 1. The molecule has 2 aromatic rings. The Kier molecular flexibility index (Phi) is 7.99. The van der Waals surface area contributed by atoms with Crippen LogP contribution in [0.15, 0.2) is 53.2 Å². The average molecular weight is 450 g/mol. The lowest BCUT2D eigenvalue weighted by Crippen LogP contribution is -2.44. The van der Waals surface area contributed by atoms with Crippen molar-refractivity contribution in [2.45, 2.75) is 71.1 Å². The van der Waals surface area contributed by atoms with Gasteiger partial charge in [0.15, 0.2) is 0 Å². The summed E-state index contributed by atoms with van der Waals surface area (Å²) in [6.07, 6.45) is -0.161. The van der Waals surface area contributed by atoms with Crippen LogP contribution in [-0.4, -0.2) is 45.8 Å². The minimum atomic E-state index is -0.600. The summed E-state index contributed by atoms with van der Waals surface area (Å²) in [5.41, 5.74) is 2.45. The van der Waals surface area contributed by atoms with Crippen LogP contribution in [0.1, 0.15) is 69.9 Å². The Morgan fingerprint density at radius 2 is 1.94 bits per heavy atom. The molecule has 0 radical (unpaired) electrons. The molecule has 1 aromatic heterocycles. The standard InChI is InChI=1S/C27H35N3O3/c1-17(2)23-15-25(33-29-23)26(18(3)4)27(32)30-16-22(31)14-24(30)20(6)28-19(5)12-13-21-10-8-7-9-11-21/h7-11,15,17-19,22,24,26,28,31H,6,14,16H2,1-5H3/t19-,22+,24-,26?/m0/s1. The fraction of sp³-hybridized carbons (Fsp3) is 0.481. The van der Waals surface area contributed by atoms with E-state index in [0.717, 1.165) is 11.3 Å². The molecule has 4 atom stereocenters. The first-order valence-electron chi connectivity index (χ1n) is 11.6. The number of rotatable bonds is 7. The second-order valence-corrected chi connectivity index (χ2v) is 9.45. The van der Waals surface area contributed by atoms with Gasteiger partial charge in [-0.15, -0.1) is 0 Å². The van der Waals surface area contributed by atoms with Crippen LogP contribution in [-0.2, 0) is 4.79 Å². The molecule has 1 unspecified atom stereocenters. The van der Waals surface area contributed by atoms with Crippen LogP contribution >= 0.6 is 0 Å². The molecule has 3 rings (SSSR count). The summed E-state index contributed by atoms with van der Waals surface area (Å²) in [4.78, 5) is 15.4. The number of amides is 1. The van der Waals surface area contributed by atoms with E-state index in [1.807, 2.05) is 71.0 Å². The van der Waals surface area contributed by atoms with Gasteiger partial charge in [0.1, 0.15) is 11.7 Å². The summed E-state index contributed by atoms with van der Waals surface area (Å²) in [5.74, 6) is 6.57. The van der Waals surface area contributed by atoms with Gasteiger partial charge in [-0.3, -0.25) is 4.79 Å². The van der Waals surface area contributed by atoms with Crippen molar-refractivity contribution in [2.24, 2.45) is 5.92 Å². The van der Waals surface area contributed by atoms with Crippen LogP contribution in [0.25, 0.3) is 0 Å². The van der Waals surface area contributed by atoms with Crippen LogP contribution < -0.4 is 5.32 Å². The van der Waals surface area contributed by atoms with Gasteiger partial charge in [0.05, 0.1) is 23.9 Å². The minimum absolute atomic E-state index is 0.0146. The second-order valence-electron chi connectivity index (χ2n) is 9.45. The Bertz CT molecular complexity index is 1020. The number of carbonyl (C=O) groups is 1. The number of nitrogens with one attached hydrogen (secondary N) is 1. The molecule has 1 amide bonds. The zero-order valence-electron chi connectivity index (χ0n) is 20.2. The van der Waals surface area contributed by atoms with E-state index in [4.69, 9.17) is 4.52 Å². The van der Waals surface area contributed by atoms with Crippen LogP contribution in [0.3, 0.4) is 0 Å². The fourth-order valence-corrected chi connectivity index (χ4v) is 4.15. The lowest BCUT2D eigenvalue weighted by Gasteiger charge is -2.31. The maximum Gasteiger partial charge on any atom is 0.234 e. The van der Waals surface area contributed by atoms with Crippen molar-refractivity contribution in [1.29, 1.82) is 0 Å². The van der Waals surface area contributed by atoms with Crippen molar-refractivity contribution >= 4 is 5.91 Å². The number of carbonyl (C=O) groups excluding carboxylic acids is 1. The summed E-state index contributed by atoms with van der Waals surface area (Å²) in [5, 5.41) is 17.9. The normalized spacial score (nSPS) is 19.8. The predicted octanol–water partition coefficient (Wildman–Crippen LogP) is 4.04. The van der Waals surface area contributed by atoms with E-state index in [-0.39, 0.29) is 36.4 Å². The molecule has 1 aliphatic rings. The zero-order valence-corrected chi connectivity index (χ0v) is 20.2. The van der Waals surface area contributed by atoms with Crippen LogP contribution in [0.2, 0.25) is 0 Å². The van der Waals surface area contributed by atoms with Gasteiger partial charge in [0, 0.05) is 30.3 Å². The maximum atomic E-state index is 13.7. The van der Waals surface area contributed by atoms with Crippen molar-refractivity contribution in [3.05, 3.63) is 65.7 Å². The van der Waals surface area contributed by atoms with Gasteiger partial charge in [0.25, 0.3) is 0 Å². The van der Waals surface area contributed by atoms with E-state index < -0.39 is 12.0 Å². The van der Waals surface area contributed by atoms with Gasteiger partial charge in [-0.25, -0.2) is 0 Å². The van der Waals surface area contributed by atoms with Crippen molar-refractivity contribution in [1.82, 2.24) is 15.4 Å². The number of aromatic nitrogens is 1. The van der Waals surface area contributed by atoms with E-state index in [1.165, 1.54) is 0 Å². The first-order chi connectivity index (χ1) is 15.7. The van der Waals surface area contributed by atoms with Crippen molar-refractivity contribution < 1.29 is 14.4 Å². The van der Waals surface area contributed by atoms with Crippen molar-refractivity contribution in [3.63, 3.8) is 0 Å². The highest BCUT2D eigenvalue weighted by molar-refractivity contribution is 5.84. The van der Waals surface area contributed by atoms with Crippen LogP contribution in [0.4, 0.5) is 0 Å². The Morgan fingerprint density at radius 3 is 2.55 bits per heavy atom. The SMILES string of the molecule is C=C(N[C@@H](C)C#Cc1ccccc1)[C@@H]1C[C@@H](O)CN1C(=O)C(c1cc(C(C)C)no1)C(C)C. The third-order valence-electron chi connectivity index (χ3n) is 5.95. The smallest absolute Gasteiger partial charge is 0.234 e. The Balaban J connectivity index is 1.74. The maximum absolute atomic E-state index is 13.7. The number of aliphatic hydroxyl groups is 1. The van der Waals surface area contributed by atoms with Crippen molar-refractivity contribution in [2.75, 3.05) is 6.54 Å². The minimum Gasteiger partial charge on any atom is -0.391 e. The lowest BCUT2D eigenvalue weighted by atomic mass is 9.90. The topological polar surface area (TPSA) is 78.6 Å². The molecule has 1 saturated heterocycles. The average Bonchev–Trinajstić information content (AvgIpc) is 3.40. The van der Waals surface area contributed by atoms with Crippen molar-refractivity contribution in [3.8, 4) is 11.8 Å². The summed E-state index contributed by atoms with van der Waals surface area (Å²) < 4.78 is 5.57. The van der Waals surface area contributed by atoms with Gasteiger partial charge in [-0.05, 0) is 30.9 Å². The molecule has 176 valence electrons. The van der Waals surface area contributed by atoms with Gasteiger partial charge < -0.3 is 19.8 Å². The molecule has 1 fully saturated rings. The molecule has 2 N–H and O–H groups in total. The van der Waals surface area contributed by atoms with Crippen LogP contribution in [0, 0.1) is 17.8 Å². The van der Waals surface area contributed by atoms with Gasteiger partial charge in [0.2, 0.25) is 5.91 Å². The molecule has 0 spiro atoms. The molecule has 33 heavy (non-hydrogen) atoms. The first-order valence-corrected chi connectivity index (χ1v) is 11.6. The predicted molar refractivity (Wildman–Crippen MR) is 129 cm³/mol.